The van der Waals surface area contributed by atoms with Gasteiger partial charge in [-0.2, -0.15) is 0 Å². The number of anilines is 1. The third-order valence-electron chi connectivity index (χ3n) is 6.81. The van der Waals surface area contributed by atoms with Crippen LogP contribution in [-0.4, -0.2) is 42.1 Å². The van der Waals surface area contributed by atoms with E-state index in [0.29, 0.717) is 17.9 Å². The molecule has 0 aliphatic carbocycles. The number of oxazole rings is 1. The molecule has 2 aliphatic rings. The molecule has 40 heavy (non-hydrogen) atoms. The molecule has 0 fully saturated rings. The molecular weight excluding hydrogens is 519 g/mol. The van der Waals surface area contributed by atoms with Crippen molar-refractivity contribution in [1.82, 2.24) is 15.6 Å². The molecule has 0 saturated heterocycles. The highest BCUT2D eigenvalue weighted by atomic mass is 19.1. The molecule has 0 saturated carbocycles. The molecule has 3 heterocycles. The Morgan fingerprint density at radius 1 is 1.15 bits per heavy atom. The lowest BCUT2D eigenvalue weighted by Gasteiger charge is -2.23. The topological polar surface area (TPSA) is 132 Å². The maximum atomic E-state index is 13.5. The van der Waals surface area contributed by atoms with Gasteiger partial charge in [0.25, 0.3) is 0 Å². The number of hydrogen-bond acceptors (Lipinski definition) is 8. The van der Waals surface area contributed by atoms with Crippen LogP contribution in [-0.2, 0) is 20.7 Å². The van der Waals surface area contributed by atoms with Gasteiger partial charge in [0.15, 0.2) is 11.9 Å². The number of hydrogen-bond donors (Lipinski definition) is 3. The molecule has 2 amide bonds. The summed E-state index contributed by atoms with van der Waals surface area (Å²) < 4.78 is 30.1. The number of carbonyl (C=O) groups is 3. The molecule has 3 N–H and O–H groups in total. The van der Waals surface area contributed by atoms with Gasteiger partial charge in [0.1, 0.15) is 29.6 Å². The van der Waals surface area contributed by atoms with Crippen molar-refractivity contribution in [2.45, 2.75) is 44.9 Å². The van der Waals surface area contributed by atoms with Crippen LogP contribution >= 0.6 is 0 Å². The van der Waals surface area contributed by atoms with Crippen LogP contribution in [0.1, 0.15) is 53.7 Å². The molecule has 5 rings (SSSR count). The average molecular weight is 549 g/mol. The summed E-state index contributed by atoms with van der Waals surface area (Å²) in [7, 11) is 1.22. The van der Waals surface area contributed by atoms with Crippen LogP contribution in [0.5, 0.6) is 5.75 Å². The lowest BCUT2D eigenvalue weighted by Crippen LogP contribution is -2.49. The van der Waals surface area contributed by atoms with Gasteiger partial charge in [-0.05, 0) is 54.3 Å². The lowest BCUT2D eigenvalue weighted by atomic mass is 9.94. The Hall–Kier alpha value is -4.67. The molecule has 2 aromatic carbocycles. The third-order valence-corrected chi connectivity index (χ3v) is 6.81. The molecule has 1 unspecified atom stereocenters. The maximum Gasteiger partial charge on any atom is 0.360 e. The Labute approximate surface area is 229 Å². The van der Waals surface area contributed by atoms with E-state index in [2.05, 4.69) is 20.9 Å². The molecule has 2 aliphatic heterocycles. The number of benzene rings is 2. The van der Waals surface area contributed by atoms with Gasteiger partial charge < -0.3 is 29.8 Å². The summed E-state index contributed by atoms with van der Waals surface area (Å²) >= 11 is 0. The number of carbonyl (C=O) groups excluding carboxylic acids is 3. The predicted octanol–water partition coefficient (Wildman–Crippen LogP) is 3.76. The highest BCUT2D eigenvalue weighted by Gasteiger charge is 2.36. The van der Waals surface area contributed by atoms with E-state index in [0.717, 1.165) is 17.4 Å². The van der Waals surface area contributed by atoms with Crippen LogP contribution < -0.4 is 20.7 Å². The van der Waals surface area contributed by atoms with Gasteiger partial charge in [0, 0.05) is 17.7 Å². The van der Waals surface area contributed by atoms with Gasteiger partial charge in [-0.15, -0.1) is 0 Å². The summed E-state index contributed by atoms with van der Waals surface area (Å²) in [6.45, 7) is 3.66. The van der Waals surface area contributed by atoms with Crippen LogP contribution in [0.2, 0.25) is 0 Å². The molecule has 0 spiro atoms. The van der Waals surface area contributed by atoms with Crippen LogP contribution in [0.15, 0.2) is 59.2 Å². The van der Waals surface area contributed by atoms with Crippen molar-refractivity contribution >= 4 is 29.2 Å². The zero-order valence-electron chi connectivity index (χ0n) is 22.2. The molecule has 11 heteroatoms. The number of methoxy groups -OCH3 is 1. The highest BCUT2D eigenvalue weighted by molar-refractivity contribution is 5.93. The predicted molar refractivity (Wildman–Crippen MR) is 143 cm³/mol. The van der Waals surface area contributed by atoms with Crippen molar-refractivity contribution in [3.63, 3.8) is 0 Å². The number of aromatic nitrogens is 1. The largest absolute Gasteiger partial charge is 0.469 e. The number of esters is 1. The van der Waals surface area contributed by atoms with E-state index in [1.54, 1.807) is 18.2 Å². The lowest BCUT2D eigenvalue weighted by molar-refractivity contribution is -0.129. The van der Waals surface area contributed by atoms with Gasteiger partial charge in [0.2, 0.25) is 17.7 Å². The average Bonchev–Trinajstić information content (AvgIpc) is 3.55. The number of amides is 2. The number of aryl methyl sites for hydroxylation is 1. The minimum atomic E-state index is -0.835. The number of rotatable bonds is 5. The molecule has 1 aromatic heterocycles. The molecular formula is C29H29FN4O6. The van der Waals surface area contributed by atoms with Crippen molar-refractivity contribution in [3.8, 4) is 5.75 Å². The Morgan fingerprint density at radius 2 is 1.93 bits per heavy atom. The smallest absolute Gasteiger partial charge is 0.360 e. The van der Waals surface area contributed by atoms with Crippen LogP contribution in [0, 0.1) is 11.7 Å². The quantitative estimate of drug-likeness (QED) is 0.411. The molecule has 0 radical (unpaired) electrons. The number of ether oxygens (including phenoxy) is 2. The monoisotopic (exact) mass is 548 g/mol. The number of nitrogens with zero attached hydrogens (tertiary/aromatic N) is 1. The Balaban J connectivity index is 1.62. The Bertz CT molecular complexity index is 1470. The van der Waals surface area contributed by atoms with E-state index >= 15 is 0 Å². The summed E-state index contributed by atoms with van der Waals surface area (Å²) in [5.41, 5.74) is 2.46. The normalized spacial score (nSPS) is 22.0. The van der Waals surface area contributed by atoms with Crippen molar-refractivity contribution in [3.05, 3.63) is 83.3 Å². The Kier molecular flexibility index (Phi) is 7.54. The zero-order chi connectivity index (χ0) is 28.4. The summed E-state index contributed by atoms with van der Waals surface area (Å²) in [6, 6.07) is 10.7. The first-order valence-electron chi connectivity index (χ1n) is 12.9. The van der Waals surface area contributed by atoms with Gasteiger partial charge in [-0.1, -0.05) is 26.0 Å². The minimum absolute atomic E-state index is 0.0254. The SMILES string of the molecule is COC(=O)c1coc(/C2=C\[C@@H]3c4cc(ccc4O[C@H]3Nc3ccc(F)cc3)CCC(=O)NC(C(C)C)C(=O)N2)n1. The number of fused-ring (bicyclic) bond motifs is 1. The van der Waals surface area contributed by atoms with Gasteiger partial charge >= 0.3 is 5.97 Å². The zero-order valence-corrected chi connectivity index (χ0v) is 22.2. The molecule has 3 atom stereocenters. The first-order chi connectivity index (χ1) is 19.2. The standard InChI is InChI=1S/C29H29FN4O6/c1-15(2)25-26(36)32-21(28-33-22(14-39-28)29(37)38-3)13-20-19-12-16(5-11-24(35)34-25)4-10-23(19)40-27(20)31-18-8-6-17(30)7-9-18/h4,6-10,12-15,20,25,27,31H,5,11H2,1-3H3,(H,32,36)(H,34,35)/b21-13+/t20-,25?,27-/m1/s1. The summed E-state index contributed by atoms with van der Waals surface area (Å²) in [4.78, 5) is 42.5. The highest BCUT2D eigenvalue weighted by Crippen LogP contribution is 2.41. The van der Waals surface area contributed by atoms with E-state index in [-0.39, 0.29) is 41.3 Å². The van der Waals surface area contributed by atoms with Gasteiger partial charge in [0.05, 0.1) is 13.0 Å². The van der Waals surface area contributed by atoms with Crippen molar-refractivity contribution in [2.75, 3.05) is 12.4 Å². The van der Waals surface area contributed by atoms with Crippen molar-refractivity contribution in [1.29, 1.82) is 0 Å². The maximum absolute atomic E-state index is 13.5. The molecule has 3 aromatic rings. The van der Waals surface area contributed by atoms with E-state index in [4.69, 9.17) is 13.9 Å². The van der Waals surface area contributed by atoms with E-state index in [1.807, 2.05) is 32.0 Å². The minimum Gasteiger partial charge on any atom is -0.469 e. The molecule has 2 bridgehead atoms. The molecule has 208 valence electrons. The number of halogens is 1. The van der Waals surface area contributed by atoms with Crippen molar-refractivity contribution in [2.24, 2.45) is 5.92 Å². The van der Waals surface area contributed by atoms with Gasteiger partial charge in [-0.3, -0.25) is 9.59 Å². The summed E-state index contributed by atoms with van der Waals surface area (Å²) in [5.74, 6) is -1.92. The first kappa shape index (κ1) is 26.9. The van der Waals surface area contributed by atoms with E-state index in [9.17, 15) is 18.8 Å². The van der Waals surface area contributed by atoms with Crippen LogP contribution in [0.4, 0.5) is 10.1 Å². The van der Waals surface area contributed by atoms with E-state index in [1.165, 1.54) is 19.2 Å². The first-order valence-corrected chi connectivity index (χ1v) is 12.9. The van der Waals surface area contributed by atoms with Gasteiger partial charge in [-0.25, -0.2) is 14.2 Å². The second-order valence-corrected chi connectivity index (χ2v) is 9.98. The summed E-state index contributed by atoms with van der Waals surface area (Å²) in [5, 5.41) is 8.96. The fourth-order valence-electron chi connectivity index (χ4n) is 4.69. The fraction of sp³-hybridized carbons (Fsp3) is 0.310. The number of nitrogens with one attached hydrogen (secondary N) is 3. The summed E-state index contributed by atoms with van der Waals surface area (Å²) in [6.07, 6.45) is 2.89. The molecule has 10 nitrogen and oxygen atoms in total. The second-order valence-electron chi connectivity index (χ2n) is 9.98. The van der Waals surface area contributed by atoms with Crippen molar-refractivity contribution < 1.29 is 32.7 Å². The third kappa shape index (κ3) is 5.68. The van der Waals surface area contributed by atoms with Crippen LogP contribution in [0.25, 0.3) is 5.70 Å². The fourth-order valence-corrected chi connectivity index (χ4v) is 4.69. The second kappa shape index (κ2) is 11.2. The Morgan fingerprint density at radius 3 is 2.65 bits per heavy atom. The van der Waals surface area contributed by atoms with Crippen LogP contribution in [0.3, 0.4) is 0 Å². The van der Waals surface area contributed by atoms with E-state index < -0.39 is 30.1 Å².